The van der Waals surface area contributed by atoms with Gasteiger partial charge in [-0.1, -0.05) is 35.5 Å². The maximum Gasteiger partial charge on any atom is 0.416 e. The van der Waals surface area contributed by atoms with Crippen LogP contribution in [0.4, 0.5) is 19.1 Å². The summed E-state index contributed by atoms with van der Waals surface area (Å²) < 4.78 is 50.1. The fourth-order valence-electron chi connectivity index (χ4n) is 3.91. The molecule has 6 nitrogen and oxygen atoms in total. The molecule has 0 N–H and O–H groups in total. The van der Waals surface area contributed by atoms with Crippen molar-refractivity contribution in [1.29, 1.82) is 0 Å². The summed E-state index contributed by atoms with van der Waals surface area (Å²) >= 11 is 0. The molecule has 0 atom stereocenters. The Hall–Kier alpha value is -3.33. The first-order valence-corrected chi connectivity index (χ1v) is 11.1. The average Bonchev–Trinajstić information content (AvgIpc) is 3.26. The molecule has 0 unspecified atom stereocenters. The zero-order valence-electron chi connectivity index (χ0n) is 19.0. The van der Waals surface area contributed by atoms with Crippen LogP contribution in [0.25, 0.3) is 11.3 Å². The molecule has 0 radical (unpaired) electrons. The standard InChI is InChI=1S/C25H26F3N3O3/c1-17(2)31(23(32)19-8-10-20(11-9-19)25(26,27)28)16-21-22(18-6-4-3-5-7-18)29-34-24(21)30-12-14-33-15-13-30/h3-11,17H,12-16H2,1-2H3. The van der Waals surface area contributed by atoms with E-state index in [-0.39, 0.29) is 24.1 Å². The van der Waals surface area contributed by atoms with Crippen LogP contribution in [0.5, 0.6) is 0 Å². The molecule has 0 aliphatic carbocycles. The number of hydrogen-bond acceptors (Lipinski definition) is 5. The Balaban J connectivity index is 1.69. The van der Waals surface area contributed by atoms with Crippen molar-refractivity contribution in [3.05, 3.63) is 71.3 Å². The number of hydrogen-bond donors (Lipinski definition) is 0. The number of morpholine rings is 1. The number of carbonyl (C=O) groups excluding carboxylic acids is 1. The van der Waals surface area contributed by atoms with Crippen molar-refractivity contribution in [3.63, 3.8) is 0 Å². The predicted octanol–water partition coefficient (Wildman–Crippen LogP) is 5.25. The number of nitrogens with zero attached hydrogens (tertiary/aromatic N) is 3. The Bertz CT molecular complexity index is 1110. The van der Waals surface area contributed by atoms with Crippen molar-refractivity contribution >= 4 is 11.8 Å². The maximum atomic E-state index is 13.4. The van der Waals surface area contributed by atoms with Crippen LogP contribution in [0.1, 0.15) is 35.3 Å². The number of ether oxygens (including phenoxy) is 1. The van der Waals surface area contributed by atoms with Crippen molar-refractivity contribution in [2.24, 2.45) is 0 Å². The van der Waals surface area contributed by atoms with Gasteiger partial charge in [-0.3, -0.25) is 4.79 Å². The van der Waals surface area contributed by atoms with Crippen LogP contribution < -0.4 is 4.90 Å². The lowest BCUT2D eigenvalue weighted by Crippen LogP contribution is -2.39. The first-order chi connectivity index (χ1) is 16.3. The summed E-state index contributed by atoms with van der Waals surface area (Å²) in [6.45, 7) is 6.30. The highest BCUT2D eigenvalue weighted by molar-refractivity contribution is 5.94. The van der Waals surface area contributed by atoms with Crippen molar-refractivity contribution in [3.8, 4) is 11.3 Å². The van der Waals surface area contributed by atoms with E-state index in [0.717, 1.165) is 23.3 Å². The van der Waals surface area contributed by atoms with E-state index in [2.05, 4.69) is 5.16 Å². The lowest BCUT2D eigenvalue weighted by atomic mass is 10.0. The summed E-state index contributed by atoms with van der Waals surface area (Å²) in [6.07, 6.45) is -4.46. The van der Waals surface area contributed by atoms with Crippen LogP contribution in [-0.2, 0) is 17.5 Å². The molecular formula is C25H26F3N3O3. The second kappa shape index (κ2) is 9.89. The molecule has 0 saturated carbocycles. The quantitative estimate of drug-likeness (QED) is 0.490. The number of carbonyl (C=O) groups is 1. The number of amides is 1. The van der Waals surface area contributed by atoms with E-state index in [1.165, 1.54) is 12.1 Å². The molecule has 2 aromatic carbocycles. The SMILES string of the molecule is CC(C)N(Cc1c(-c2ccccc2)noc1N1CCOCC1)C(=O)c1ccc(C(F)(F)F)cc1. The molecule has 34 heavy (non-hydrogen) atoms. The minimum Gasteiger partial charge on any atom is -0.378 e. The average molecular weight is 473 g/mol. The van der Waals surface area contributed by atoms with Gasteiger partial charge in [0.15, 0.2) is 0 Å². The predicted molar refractivity (Wildman–Crippen MR) is 121 cm³/mol. The summed E-state index contributed by atoms with van der Waals surface area (Å²) in [7, 11) is 0. The van der Waals surface area contributed by atoms with Crippen molar-refractivity contribution in [2.75, 3.05) is 31.2 Å². The highest BCUT2D eigenvalue weighted by Crippen LogP contribution is 2.34. The number of aromatic nitrogens is 1. The Morgan fingerprint density at radius 1 is 1.06 bits per heavy atom. The molecule has 1 saturated heterocycles. The fraction of sp³-hybridized carbons (Fsp3) is 0.360. The zero-order valence-corrected chi connectivity index (χ0v) is 19.0. The largest absolute Gasteiger partial charge is 0.416 e. The molecule has 3 aromatic rings. The van der Waals surface area contributed by atoms with E-state index >= 15 is 0 Å². The Morgan fingerprint density at radius 2 is 1.71 bits per heavy atom. The molecule has 0 spiro atoms. The van der Waals surface area contributed by atoms with E-state index in [9.17, 15) is 18.0 Å². The van der Waals surface area contributed by atoms with E-state index < -0.39 is 11.7 Å². The highest BCUT2D eigenvalue weighted by Gasteiger charge is 2.32. The molecule has 1 aliphatic rings. The summed E-state index contributed by atoms with van der Waals surface area (Å²) in [5.74, 6) is 0.213. The molecule has 1 aliphatic heterocycles. The zero-order chi connectivity index (χ0) is 24.3. The topological polar surface area (TPSA) is 58.8 Å². The van der Waals surface area contributed by atoms with E-state index in [1.54, 1.807) is 4.90 Å². The normalized spacial score (nSPS) is 14.5. The van der Waals surface area contributed by atoms with Gasteiger partial charge in [-0.15, -0.1) is 0 Å². The second-order valence-electron chi connectivity index (χ2n) is 8.38. The van der Waals surface area contributed by atoms with E-state index in [1.807, 2.05) is 49.1 Å². The van der Waals surface area contributed by atoms with Crippen LogP contribution in [0, 0.1) is 0 Å². The van der Waals surface area contributed by atoms with Gasteiger partial charge in [0, 0.05) is 30.3 Å². The second-order valence-corrected chi connectivity index (χ2v) is 8.38. The van der Waals surface area contributed by atoms with Gasteiger partial charge in [-0.25, -0.2) is 0 Å². The van der Waals surface area contributed by atoms with Crippen molar-refractivity contribution in [2.45, 2.75) is 32.6 Å². The molecular weight excluding hydrogens is 447 g/mol. The number of alkyl halides is 3. The number of anilines is 1. The summed E-state index contributed by atoms with van der Waals surface area (Å²) in [5.41, 5.74) is 1.63. The van der Waals surface area contributed by atoms with Crippen LogP contribution in [0.2, 0.25) is 0 Å². The molecule has 0 bridgehead atoms. The summed E-state index contributed by atoms with van der Waals surface area (Å²) in [4.78, 5) is 17.0. The van der Waals surface area contributed by atoms with Gasteiger partial charge in [0.1, 0.15) is 5.69 Å². The summed E-state index contributed by atoms with van der Waals surface area (Å²) in [6, 6.07) is 13.6. The molecule has 9 heteroatoms. The van der Waals surface area contributed by atoms with Gasteiger partial charge in [0.2, 0.25) is 5.88 Å². The van der Waals surface area contributed by atoms with Crippen LogP contribution in [0.3, 0.4) is 0 Å². The van der Waals surface area contributed by atoms with E-state index in [0.29, 0.717) is 37.9 Å². The van der Waals surface area contributed by atoms with Gasteiger partial charge in [-0.05, 0) is 38.1 Å². The van der Waals surface area contributed by atoms with Crippen molar-refractivity contribution in [1.82, 2.24) is 10.1 Å². The minimum atomic E-state index is -4.46. The van der Waals surface area contributed by atoms with Gasteiger partial charge in [-0.2, -0.15) is 13.2 Å². The van der Waals surface area contributed by atoms with Crippen LogP contribution in [-0.4, -0.2) is 48.3 Å². The molecule has 1 fully saturated rings. The number of halogens is 3. The third-order valence-electron chi connectivity index (χ3n) is 5.78. The summed E-state index contributed by atoms with van der Waals surface area (Å²) in [5, 5.41) is 4.32. The maximum absolute atomic E-state index is 13.4. The van der Waals surface area contributed by atoms with Gasteiger partial charge in [0.05, 0.1) is 30.9 Å². The van der Waals surface area contributed by atoms with E-state index in [4.69, 9.17) is 9.26 Å². The van der Waals surface area contributed by atoms with Crippen LogP contribution in [0.15, 0.2) is 59.1 Å². The molecule has 2 heterocycles. The molecule has 1 amide bonds. The number of benzene rings is 2. The number of rotatable bonds is 6. The Labute approximate surface area is 195 Å². The van der Waals surface area contributed by atoms with Gasteiger partial charge in [0.25, 0.3) is 5.91 Å². The Kier molecular flexibility index (Phi) is 6.92. The molecule has 1 aromatic heterocycles. The lowest BCUT2D eigenvalue weighted by molar-refractivity contribution is -0.137. The van der Waals surface area contributed by atoms with Crippen molar-refractivity contribution < 1.29 is 27.2 Å². The smallest absolute Gasteiger partial charge is 0.378 e. The highest BCUT2D eigenvalue weighted by atomic mass is 19.4. The third-order valence-corrected chi connectivity index (χ3v) is 5.78. The first kappa shape index (κ1) is 23.8. The molecule has 180 valence electrons. The van der Waals surface area contributed by atoms with Gasteiger partial charge < -0.3 is 19.1 Å². The molecule has 4 rings (SSSR count). The third kappa shape index (κ3) is 5.09. The lowest BCUT2D eigenvalue weighted by Gasteiger charge is -2.30. The van der Waals surface area contributed by atoms with Gasteiger partial charge >= 0.3 is 6.18 Å². The minimum absolute atomic E-state index is 0.187. The van der Waals surface area contributed by atoms with Crippen LogP contribution >= 0.6 is 0 Å². The fourth-order valence-corrected chi connectivity index (χ4v) is 3.91. The Morgan fingerprint density at radius 3 is 2.29 bits per heavy atom. The first-order valence-electron chi connectivity index (χ1n) is 11.1. The monoisotopic (exact) mass is 473 g/mol.